The number of aromatic nitrogens is 2. The number of hydrogen-bond acceptors (Lipinski definition) is 6. The van der Waals surface area contributed by atoms with E-state index in [2.05, 4.69) is 25.8 Å². The van der Waals surface area contributed by atoms with Crippen LogP contribution in [0.5, 0.6) is 0 Å². The van der Waals surface area contributed by atoms with Crippen LogP contribution in [0.15, 0.2) is 12.4 Å². The second-order valence-electron chi connectivity index (χ2n) is 7.57. The van der Waals surface area contributed by atoms with Gasteiger partial charge in [-0.1, -0.05) is 0 Å². The number of amides is 1. The van der Waals surface area contributed by atoms with Crippen LogP contribution < -0.4 is 4.90 Å². The van der Waals surface area contributed by atoms with Crippen LogP contribution in [-0.4, -0.2) is 84.7 Å². The molecular weight excluding hydrogens is 330 g/mol. The number of ether oxygens (including phenoxy) is 1. The van der Waals surface area contributed by atoms with Gasteiger partial charge in [-0.25, -0.2) is 9.97 Å². The lowest BCUT2D eigenvalue weighted by Crippen LogP contribution is -2.51. The van der Waals surface area contributed by atoms with Crippen molar-refractivity contribution in [3.63, 3.8) is 0 Å². The Balaban J connectivity index is 1.29. The highest BCUT2D eigenvalue weighted by Crippen LogP contribution is 2.25. The van der Waals surface area contributed by atoms with E-state index >= 15 is 0 Å². The van der Waals surface area contributed by atoms with Crippen molar-refractivity contribution >= 4 is 11.7 Å². The van der Waals surface area contributed by atoms with Crippen molar-refractivity contribution in [2.75, 3.05) is 63.9 Å². The van der Waals surface area contributed by atoms with Crippen LogP contribution in [0, 0.1) is 0 Å². The molecule has 0 unspecified atom stereocenters. The highest BCUT2D eigenvalue weighted by Gasteiger charge is 2.25. The van der Waals surface area contributed by atoms with Gasteiger partial charge in [0.05, 0.1) is 18.8 Å². The third-order valence-corrected chi connectivity index (χ3v) is 5.79. The van der Waals surface area contributed by atoms with Crippen LogP contribution in [0.3, 0.4) is 0 Å². The lowest BCUT2D eigenvalue weighted by atomic mass is 10.0. The summed E-state index contributed by atoms with van der Waals surface area (Å²) in [5, 5.41) is 0. The first-order valence-electron chi connectivity index (χ1n) is 9.94. The van der Waals surface area contributed by atoms with E-state index in [-0.39, 0.29) is 0 Å². The van der Waals surface area contributed by atoms with Crippen molar-refractivity contribution in [1.82, 2.24) is 19.8 Å². The fourth-order valence-corrected chi connectivity index (χ4v) is 4.10. The van der Waals surface area contributed by atoms with Gasteiger partial charge in [0.2, 0.25) is 5.91 Å². The quantitative estimate of drug-likeness (QED) is 0.803. The number of carbonyl (C=O) groups excluding carboxylic acids is 1. The standard InChI is InChI=1S/C19H29N5O2/c25-19(24-5-2-1-3-6-24)13-22-7-9-23(10-8-22)18-12-17(20-15-21-18)16-4-11-26-14-16/h12,15-16H,1-11,13-14H2/t16-/m1/s1. The Hall–Kier alpha value is -1.73. The summed E-state index contributed by atoms with van der Waals surface area (Å²) in [6.07, 6.45) is 6.29. The Bertz CT molecular complexity index is 606. The molecule has 1 amide bonds. The van der Waals surface area contributed by atoms with Crippen molar-refractivity contribution in [3.05, 3.63) is 18.1 Å². The fraction of sp³-hybridized carbons (Fsp3) is 0.737. The van der Waals surface area contributed by atoms with E-state index in [0.717, 1.165) is 83.3 Å². The fourth-order valence-electron chi connectivity index (χ4n) is 4.10. The zero-order chi connectivity index (χ0) is 17.8. The van der Waals surface area contributed by atoms with Crippen LogP contribution >= 0.6 is 0 Å². The summed E-state index contributed by atoms with van der Waals surface area (Å²) in [7, 11) is 0. The summed E-state index contributed by atoms with van der Waals surface area (Å²) >= 11 is 0. The number of piperidine rings is 1. The molecule has 0 aromatic carbocycles. The van der Waals surface area contributed by atoms with Crippen molar-refractivity contribution in [2.45, 2.75) is 31.6 Å². The molecule has 142 valence electrons. The Morgan fingerprint density at radius 3 is 2.62 bits per heavy atom. The van der Waals surface area contributed by atoms with Gasteiger partial charge in [0.25, 0.3) is 0 Å². The normalized spacial score (nSPS) is 24.8. The molecule has 1 atom stereocenters. The van der Waals surface area contributed by atoms with Gasteiger partial charge in [-0.2, -0.15) is 0 Å². The molecule has 7 nitrogen and oxygen atoms in total. The summed E-state index contributed by atoms with van der Waals surface area (Å²) in [5.41, 5.74) is 1.09. The maximum Gasteiger partial charge on any atom is 0.236 e. The predicted octanol–water partition coefficient (Wildman–Crippen LogP) is 1.11. The van der Waals surface area contributed by atoms with Gasteiger partial charge in [-0.05, 0) is 25.7 Å². The second-order valence-corrected chi connectivity index (χ2v) is 7.57. The number of hydrogen-bond donors (Lipinski definition) is 0. The molecule has 3 aliphatic rings. The van der Waals surface area contributed by atoms with Crippen LogP contribution in [-0.2, 0) is 9.53 Å². The smallest absolute Gasteiger partial charge is 0.236 e. The zero-order valence-corrected chi connectivity index (χ0v) is 15.5. The minimum atomic E-state index is 0.295. The van der Waals surface area contributed by atoms with Crippen molar-refractivity contribution in [1.29, 1.82) is 0 Å². The van der Waals surface area contributed by atoms with E-state index in [1.807, 2.05) is 4.90 Å². The lowest BCUT2D eigenvalue weighted by Gasteiger charge is -2.36. The number of piperazine rings is 1. The SMILES string of the molecule is O=C(CN1CCN(c2cc([C@@H]3CCOC3)ncn2)CC1)N1CCCCC1. The minimum absolute atomic E-state index is 0.295. The van der Waals surface area contributed by atoms with Crippen molar-refractivity contribution < 1.29 is 9.53 Å². The molecule has 0 aliphatic carbocycles. The van der Waals surface area contributed by atoms with Gasteiger partial charge in [-0.3, -0.25) is 9.69 Å². The van der Waals surface area contributed by atoms with Gasteiger partial charge in [-0.15, -0.1) is 0 Å². The third-order valence-electron chi connectivity index (χ3n) is 5.79. The van der Waals surface area contributed by atoms with E-state index in [4.69, 9.17) is 4.74 Å². The summed E-state index contributed by atoms with van der Waals surface area (Å²) in [5.74, 6) is 1.70. The molecule has 0 N–H and O–H groups in total. The van der Waals surface area contributed by atoms with Gasteiger partial charge in [0.15, 0.2) is 0 Å². The molecule has 26 heavy (non-hydrogen) atoms. The van der Waals surface area contributed by atoms with E-state index in [9.17, 15) is 4.79 Å². The number of anilines is 1. The maximum absolute atomic E-state index is 12.4. The molecule has 4 heterocycles. The Morgan fingerprint density at radius 2 is 1.88 bits per heavy atom. The maximum atomic E-state index is 12.4. The molecule has 7 heteroatoms. The monoisotopic (exact) mass is 359 g/mol. The van der Waals surface area contributed by atoms with Crippen LogP contribution in [0.4, 0.5) is 5.82 Å². The Morgan fingerprint density at radius 1 is 1.08 bits per heavy atom. The molecule has 0 radical (unpaired) electrons. The van der Waals surface area contributed by atoms with Gasteiger partial charge in [0, 0.05) is 57.9 Å². The molecule has 0 bridgehead atoms. The average molecular weight is 359 g/mol. The Kier molecular flexibility index (Phi) is 5.65. The van der Waals surface area contributed by atoms with Crippen molar-refractivity contribution in [3.8, 4) is 0 Å². The average Bonchev–Trinajstić information content (AvgIpc) is 3.24. The first-order valence-corrected chi connectivity index (χ1v) is 9.94. The molecular formula is C19H29N5O2. The molecule has 3 fully saturated rings. The number of likely N-dealkylation sites (tertiary alicyclic amines) is 1. The molecule has 3 saturated heterocycles. The molecule has 3 aliphatic heterocycles. The molecule has 1 aromatic heterocycles. The molecule has 4 rings (SSSR count). The molecule has 0 saturated carbocycles. The number of rotatable bonds is 4. The number of nitrogens with zero attached hydrogens (tertiary/aromatic N) is 5. The molecule has 0 spiro atoms. The zero-order valence-electron chi connectivity index (χ0n) is 15.5. The lowest BCUT2D eigenvalue weighted by molar-refractivity contribution is -0.133. The van der Waals surface area contributed by atoms with E-state index in [1.54, 1.807) is 6.33 Å². The summed E-state index contributed by atoms with van der Waals surface area (Å²) in [4.78, 5) is 28.0. The Labute approximate surface area is 155 Å². The first kappa shape index (κ1) is 17.7. The van der Waals surface area contributed by atoms with Crippen LogP contribution in [0.25, 0.3) is 0 Å². The van der Waals surface area contributed by atoms with E-state index in [1.165, 1.54) is 6.42 Å². The van der Waals surface area contributed by atoms with E-state index in [0.29, 0.717) is 18.4 Å². The van der Waals surface area contributed by atoms with Gasteiger partial charge in [0.1, 0.15) is 12.1 Å². The van der Waals surface area contributed by atoms with Crippen LogP contribution in [0.2, 0.25) is 0 Å². The molecule has 1 aromatic rings. The second kappa shape index (κ2) is 8.31. The topological polar surface area (TPSA) is 61.8 Å². The van der Waals surface area contributed by atoms with Crippen molar-refractivity contribution in [2.24, 2.45) is 0 Å². The summed E-state index contributed by atoms with van der Waals surface area (Å²) in [6, 6.07) is 2.12. The summed E-state index contributed by atoms with van der Waals surface area (Å²) < 4.78 is 5.48. The number of carbonyl (C=O) groups is 1. The van der Waals surface area contributed by atoms with Crippen LogP contribution in [0.1, 0.15) is 37.3 Å². The largest absolute Gasteiger partial charge is 0.381 e. The van der Waals surface area contributed by atoms with Gasteiger partial charge < -0.3 is 14.5 Å². The first-order chi connectivity index (χ1) is 12.8. The highest BCUT2D eigenvalue weighted by atomic mass is 16.5. The van der Waals surface area contributed by atoms with E-state index < -0.39 is 0 Å². The summed E-state index contributed by atoms with van der Waals surface area (Å²) in [6.45, 7) is 7.66. The third kappa shape index (κ3) is 4.15. The van der Waals surface area contributed by atoms with Gasteiger partial charge >= 0.3 is 0 Å². The predicted molar refractivity (Wildman–Crippen MR) is 99.3 cm³/mol. The highest BCUT2D eigenvalue weighted by molar-refractivity contribution is 5.78. The minimum Gasteiger partial charge on any atom is -0.381 e.